The van der Waals surface area contributed by atoms with Gasteiger partial charge in [-0.2, -0.15) is 0 Å². The molecule has 0 radical (unpaired) electrons. The van der Waals surface area contributed by atoms with Gasteiger partial charge in [0.1, 0.15) is 35.6 Å². The fourth-order valence-corrected chi connectivity index (χ4v) is 4.43. The number of nitrogens with zero attached hydrogens (tertiary/aromatic N) is 1. The Kier molecular flexibility index (Phi) is 14.6. The summed E-state index contributed by atoms with van der Waals surface area (Å²) in [6, 6.07) is 9.61. The van der Waals surface area contributed by atoms with Crippen molar-refractivity contribution in [2.24, 2.45) is 11.7 Å². The van der Waals surface area contributed by atoms with Gasteiger partial charge in [0.05, 0.1) is 11.9 Å². The second-order valence-electron chi connectivity index (χ2n) is 11.6. The van der Waals surface area contributed by atoms with Crippen LogP contribution in [0.3, 0.4) is 0 Å². The van der Waals surface area contributed by atoms with Crippen molar-refractivity contribution < 1.29 is 48.9 Å². The number of carbonyl (C=O) groups is 7. The largest absolute Gasteiger partial charge is 0.508 e. The van der Waals surface area contributed by atoms with Crippen LogP contribution >= 0.6 is 0 Å². The Balaban J connectivity index is 0.000000508. The standard InChI is InChI=1S/C23H32N4O9.C10H9N3O/c1-11(2)19(22(34)24-12(3)20(32)26-17(23(35)36)10-18(30)31)27-21(33)16(25-13(4)28)9-14-5-7-15(29)8-6-14;11-7-2-4-8-6(5-7)1-3-9(13-8)10(12)14/h5-8,11-12,16-17,19,29H,9-10H2,1-4H3,(H,24,34)(H,25,28)(H,26,32)(H,27,33)(H,30,31)(H,35,36);1-5H,11H2,(H2,12,14)/t12-,16-,17-,19-;/m0./s1. The number of phenolic OH excluding ortho intramolecular Hbond substituents is 1. The van der Waals surface area contributed by atoms with E-state index in [1.807, 2.05) is 5.32 Å². The molecule has 11 N–H and O–H groups in total. The maximum Gasteiger partial charge on any atom is 0.326 e. The number of nitrogens with one attached hydrogen (secondary N) is 4. The van der Waals surface area contributed by atoms with Gasteiger partial charge >= 0.3 is 11.9 Å². The number of hydrogen-bond acceptors (Lipinski definition) is 10. The minimum absolute atomic E-state index is 0.0339. The van der Waals surface area contributed by atoms with Crippen LogP contribution in [0.2, 0.25) is 0 Å². The number of phenols is 1. The van der Waals surface area contributed by atoms with Crippen molar-refractivity contribution in [1.82, 2.24) is 26.3 Å². The maximum absolute atomic E-state index is 13.0. The number of primary amides is 1. The van der Waals surface area contributed by atoms with Crippen molar-refractivity contribution in [3.05, 3.63) is 65.9 Å². The molecule has 4 atom stereocenters. The normalized spacial score (nSPS) is 13.0. The van der Waals surface area contributed by atoms with E-state index in [2.05, 4.69) is 20.9 Å². The van der Waals surface area contributed by atoms with E-state index in [0.29, 0.717) is 11.3 Å². The summed E-state index contributed by atoms with van der Waals surface area (Å²) in [5.41, 5.74) is 13.0. The molecule has 0 fully saturated rings. The number of fused-ring (bicyclic) bond motifs is 1. The second kappa shape index (κ2) is 18.3. The van der Waals surface area contributed by atoms with Gasteiger partial charge in [0, 0.05) is 24.4 Å². The molecule has 50 heavy (non-hydrogen) atoms. The molecule has 0 aliphatic carbocycles. The van der Waals surface area contributed by atoms with Crippen molar-refractivity contribution >= 4 is 58.1 Å². The number of carbonyl (C=O) groups excluding carboxylic acids is 5. The van der Waals surface area contributed by atoms with Crippen LogP contribution in [-0.2, 0) is 35.2 Å². The quantitative estimate of drug-likeness (QED) is 0.101. The highest BCUT2D eigenvalue weighted by atomic mass is 16.4. The van der Waals surface area contributed by atoms with Gasteiger partial charge in [-0.25, -0.2) is 9.78 Å². The van der Waals surface area contributed by atoms with Gasteiger partial charge in [0.25, 0.3) is 5.91 Å². The van der Waals surface area contributed by atoms with Crippen LogP contribution in [0, 0.1) is 5.92 Å². The zero-order valence-electron chi connectivity index (χ0n) is 27.8. The molecule has 0 bridgehead atoms. The first-order valence-electron chi connectivity index (χ1n) is 15.2. The third-order valence-corrected chi connectivity index (χ3v) is 7.03. The van der Waals surface area contributed by atoms with E-state index >= 15 is 0 Å². The van der Waals surface area contributed by atoms with E-state index in [0.717, 1.165) is 10.9 Å². The summed E-state index contributed by atoms with van der Waals surface area (Å²) < 4.78 is 0. The summed E-state index contributed by atoms with van der Waals surface area (Å²) in [5, 5.41) is 37.7. The predicted octanol–water partition coefficient (Wildman–Crippen LogP) is 0.0449. The molecule has 17 heteroatoms. The maximum atomic E-state index is 13.0. The van der Waals surface area contributed by atoms with Crippen LogP contribution in [0.25, 0.3) is 10.9 Å². The van der Waals surface area contributed by atoms with Crippen molar-refractivity contribution in [1.29, 1.82) is 0 Å². The van der Waals surface area contributed by atoms with Crippen molar-refractivity contribution in [3.8, 4) is 5.75 Å². The molecular formula is C33H41N7O10. The zero-order valence-corrected chi connectivity index (χ0v) is 27.8. The third kappa shape index (κ3) is 12.7. The number of aliphatic carboxylic acids is 2. The number of pyridine rings is 1. The van der Waals surface area contributed by atoms with E-state index in [9.17, 15) is 38.7 Å². The lowest BCUT2D eigenvalue weighted by Gasteiger charge is -2.26. The molecule has 0 unspecified atom stereocenters. The van der Waals surface area contributed by atoms with E-state index in [1.54, 1.807) is 56.3 Å². The Morgan fingerprint density at radius 2 is 1.42 bits per heavy atom. The number of carboxylic acids is 2. The van der Waals surface area contributed by atoms with Crippen molar-refractivity contribution in [3.63, 3.8) is 0 Å². The Morgan fingerprint density at radius 3 is 1.96 bits per heavy atom. The van der Waals surface area contributed by atoms with Crippen molar-refractivity contribution in [2.75, 3.05) is 5.73 Å². The molecule has 5 amide bonds. The zero-order chi connectivity index (χ0) is 37.7. The second-order valence-corrected chi connectivity index (χ2v) is 11.6. The summed E-state index contributed by atoms with van der Waals surface area (Å²) in [4.78, 5) is 86.7. The number of anilines is 1. The summed E-state index contributed by atoms with van der Waals surface area (Å²) >= 11 is 0. The Morgan fingerprint density at radius 1 is 0.780 bits per heavy atom. The third-order valence-electron chi connectivity index (χ3n) is 7.03. The van der Waals surface area contributed by atoms with Crippen LogP contribution in [-0.4, -0.2) is 85.9 Å². The minimum atomic E-state index is -1.69. The van der Waals surface area contributed by atoms with Gasteiger partial charge in [-0.3, -0.25) is 28.8 Å². The first-order valence-corrected chi connectivity index (χ1v) is 15.2. The highest BCUT2D eigenvalue weighted by Gasteiger charge is 2.31. The molecule has 2 aromatic carbocycles. The first kappa shape index (κ1) is 39.9. The van der Waals surface area contributed by atoms with Gasteiger partial charge in [-0.1, -0.05) is 32.0 Å². The number of hydrogen-bond donors (Lipinski definition) is 9. The molecule has 3 rings (SSSR count). The average molecular weight is 696 g/mol. The van der Waals surface area contributed by atoms with Gasteiger partial charge in [0.2, 0.25) is 23.6 Å². The summed E-state index contributed by atoms with van der Waals surface area (Å²) in [7, 11) is 0. The monoisotopic (exact) mass is 695 g/mol. The number of benzene rings is 2. The summed E-state index contributed by atoms with van der Waals surface area (Å²) in [5.74, 6) is -6.69. The number of nitrogens with two attached hydrogens (primary N) is 2. The van der Waals surface area contributed by atoms with Crippen LogP contribution in [0.4, 0.5) is 5.69 Å². The topological polar surface area (TPSA) is 293 Å². The fourth-order valence-electron chi connectivity index (χ4n) is 4.43. The molecule has 1 heterocycles. The molecule has 0 saturated heterocycles. The summed E-state index contributed by atoms with van der Waals surface area (Å²) in [6.07, 6.45) is -0.769. The molecule has 0 aliphatic heterocycles. The number of aromatic hydroxyl groups is 1. The van der Waals surface area contributed by atoms with Crippen LogP contribution < -0.4 is 32.7 Å². The molecule has 1 aromatic heterocycles. The van der Waals surface area contributed by atoms with Gasteiger partial charge in [-0.05, 0) is 54.8 Å². The lowest BCUT2D eigenvalue weighted by molar-refractivity contribution is -0.147. The molecule has 268 valence electrons. The molecule has 3 aromatic rings. The highest BCUT2D eigenvalue weighted by molar-refractivity contribution is 5.96. The number of amides is 5. The minimum Gasteiger partial charge on any atom is -0.508 e. The van der Waals surface area contributed by atoms with Crippen molar-refractivity contribution in [2.45, 2.75) is 64.7 Å². The lowest BCUT2D eigenvalue weighted by Crippen LogP contribution is -2.58. The average Bonchev–Trinajstić information content (AvgIpc) is 3.03. The molecule has 0 aliphatic rings. The number of rotatable bonds is 14. The lowest BCUT2D eigenvalue weighted by atomic mass is 10.0. The van der Waals surface area contributed by atoms with E-state index < -0.39 is 78.0 Å². The SMILES string of the molecule is CC(=O)N[C@@H](Cc1ccc(O)cc1)C(=O)N[C@H](C(=O)N[C@@H](C)C(=O)N[C@@H](CC(=O)O)C(=O)O)C(C)C.NC(=O)c1ccc2cc(N)ccc2n1. The molecular weight excluding hydrogens is 654 g/mol. The Labute approximate surface area is 286 Å². The fraction of sp³-hybridized carbons (Fsp3) is 0.333. The smallest absolute Gasteiger partial charge is 0.326 e. The molecule has 17 nitrogen and oxygen atoms in total. The van der Waals surface area contributed by atoms with E-state index in [-0.39, 0.29) is 17.9 Å². The van der Waals surface area contributed by atoms with E-state index in [1.165, 1.54) is 26.0 Å². The Hall–Kier alpha value is -6.26. The molecule has 0 saturated carbocycles. The number of carboxylic acid groups (broad SMARTS) is 2. The highest BCUT2D eigenvalue weighted by Crippen LogP contribution is 2.16. The first-order chi connectivity index (χ1) is 23.4. The Bertz CT molecular complexity index is 1730. The van der Waals surface area contributed by atoms with Gasteiger partial charge in [0.15, 0.2) is 0 Å². The predicted molar refractivity (Wildman–Crippen MR) is 180 cm³/mol. The van der Waals surface area contributed by atoms with E-state index in [4.69, 9.17) is 21.7 Å². The number of nitrogen functional groups attached to an aromatic ring is 1. The molecule has 0 spiro atoms. The van der Waals surface area contributed by atoms with Crippen LogP contribution in [0.5, 0.6) is 5.75 Å². The van der Waals surface area contributed by atoms with Gasteiger partial charge in [-0.15, -0.1) is 0 Å². The van der Waals surface area contributed by atoms with Gasteiger partial charge < -0.3 is 48.1 Å². The van der Waals surface area contributed by atoms with Crippen LogP contribution in [0.1, 0.15) is 50.2 Å². The van der Waals surface area contributed by atoms with Crippen LogP contribution in [0.15, 0.2) is 54.6 Å². The number of aromatic nitrogens is 1. The summed E-state index contributed by atoms with van der Waals surface area (Å²) in [6.45, 7) is 5.81.